The van der Waals surface area contributed by atoms with Crippen molar-refractivity contribution in [2.45, 2.75) is 13.8 Å². The molecule has 0 spiro atoms. The molecule has 6 nitrogen and oxygen atoms in total. The average Bonchev–Trinajstić information content (AvgIpc) is 2.64. The van der Waals surface area contributed by atoms with Crippen molar-refractivity contribution in [1.29, 1.82) is 0 Å². The second kappa shape index (κ2) is 5.30. The molecule has 0 unspecified atom stereocenters. The normalized spacial score (nSPS) is 10.3. The molecule has 2 aromatic rings. The molecule has 0 bridgehead atoms. The van der Waals surface area contributed by atoms with Crippen LogP contribution in [0, 0.1) is 13.8 Å². The molecule has 2 heterocycles. The van der Waals surface area contributed by atoms with E-state index in [4.69, 9.17) is 0 Å². The number of aromatic carboxylic acids is 1. The first-order chi connectivity index (χ1) is 9.40. The number of hydrogen-bond donors (Lipinski definition) is 3. The molecule has 0 saturated heterocycles. The highest BCUT2D eigenvalue weighted by Gasteiger charge is 2.20. The first-order valence-electron chi connectivity index (χ1n) is 5.73. The molecular formula is C13H12N2O4S. The first-order valence-corrected chi connectivity index (χ1v) is 6.55. The van der Waals surface area contributed by atoms with Crippen LogP contribution >= 0.6 is 11.3 Å². The number of carboxylic acid groups (broad SMARTS) is 1. The zero-order valence-corrected chi connectivity index (χ0v) is 11.6. The number of aromatic amines is 1. The highest BCUT2D eigenvalue weighted by atomic mass is 32.1. The number of amides is 1. The molecule has 3 N–H and O–H groups in total. The summed E-state index contributed by atoms with van der Waals surface area (Å²) in [5, 5.41) is 12.0. The Kier molecular flexibility index (Phi) is 3.71. The van der Waals surface area contributed by atoms with Crippen LogP contribution in [-0.2, 0) is 0 Å². The zero-order chi connectivity index (χ0) is 14.9. The summed E-state index contributed by atoms with van der Waals surface area (Å²) in [5.41, 5.74) is 0.498. The van der Waals surface area contributed by atoms with E-state index < -0.39 is 17.4 Å². The molecule has 0 atom stereocenters. The predicted octanol–water partition coefficient (Wildman–Crippen LogP) is 2.00. The Morgan fingerprint density at radius 1 is 1.35 bits per heavy atom. The number of carbonyl (C=O) groups is 2. The molecular weight excluding hydrogens is 280 g/mol. The third-order valence-corrected chi connectivity index (χ3v) is 3.99. The first kappa shape index (κ1) is 14.0. The maximum absolute atomic E-state index is 12.0. The minimum Gasteiger partial charge on any atom is -0.478 e. The van der Waals surface area contributed by atoms with Gasteiger partial charge in [-0.1, -0.05) is 0 Å². The van der Waals surface area contributed by atoms with Gasteiger partial charge in [-0.3, -0.25) is 9.59 Å². The Hall–Kier alpha value is -2.41. The van der Waals surface area contributed by atoms with Crippen LogP contribution < -0.4 is 10.9 Å². The molecule has 1 amide bonds. The second-order valence-corrected chi connectivity index (χ2v) is 5.41. The van der Waals surface area contributed by atoms with Gasteiger partial charge in [-0.15, -0.1) is 11.3 Å². The number of rotatable bonds is 3. The molecule has 0 radical (unpaired) electrons. The maximum Gasteiger partial charge on any atom is 0.338 e. The van der Waals surface area contributed by atoms with Crippen molar-refractivity contribution >= 4 is 28.2 Å². The minimum atomic E-state index is -1.09. The fraction of sp³-hybridized carbons (Fsp3) is 0.154. The van der Waals surface area contributed by atoms with Crippen LogP contribution in [0.15, 0.2) is 23.1 Å². The second-order valence-electron chi connectivity index (χ2n) is 4.19. The summed E-state index contributed by atoms with van der Waals surface area (Å²) in [7, 11) is 0. The topological polar surface area (TPSA) is 99.3 Å². The van der Waals surface area contributed by atoms with Gasteiger partial charge in [-0.05, 0) is 25.5 Å². The van der Waals surface area contributed by atoms with Gasteiger partial charge in [0.05, 0.1) is 5.56 Å². The van der Waals surface area contributed by atoms with E-state index in [0.717, 1.165) is 10.9 Å². The fourth-order valence-electron chi connectivity index (χ4n) is 1.73. The van der Waals surface area contributed by atoms with E-state index in [-0.39, 0.29) is 16.1 Å². The van der Waals surface area contributed by atoms with Gasteiger partial charge in [-0.2, -0.15) is 0 Å². The number of thiophene rings is 1. The summed E-state index contributed by atoms with van der Waals surface area (Å²) in [4.78, 5) is 37.6. The number of aromatic nitrogens is 1. The van der Waals surface area contributed by atoms with Crippen molar-refractivity contribution in [3.05, 3.63) is 50.3 Å². The lowest BCUT2D eigenvalue weighted by atomic mass is 10.1. The largest absolute Gasteiger partial charge is 0.478 e. The summed E-state index contributed by atoms with van der Waals surface area (Å²) < 4.78 is 0. The molecule has 0 aliphatic rings. The highest BCUT2D eigenvalue weighted by molar-refractivity contribution is 7.16. The number of nitrogens with one attached hydrogen (secondary N) is 2. The van der Waals surface area contributed by atoms with Crippen molar-refractivity contribution in [1.82, 2.24) is 4.98 Å². The molecule has 2 rings (SSSR count). The van der Waals surface area contributed by atoms with Crippen LogP contribution in [0.1, 0.15) is 31.2 Å². The number of pyridine rings is 1. The highest BCUT2D eigenvalue weighted by Crippen LogP contribution is 2.32. The minimum absolute atomic E-state index is 0.0886. The van der Waals surface area contributed by atoms with Crippen LogP contribution in [0.3, 0.4) is 0 Å². The molecule has 0 aliphatic carbocycles. The van der Waals surface area contributed by atoms with E-state index >= 15 is 0 Å². The number of anilines is 1. The van der Waals surface area contributed by atoms with Crippen molar-refractivity contribution in [3.8, 4) is 0 Å². The van der Waals surface area contributed by atoms with Gasteiger partial charge in [0, 0.05) is 22.7 Å². The van der Waals surface area contributed by atoms with E-state index in [0.29, 0.717) is 5.56 Å². The Morgan fingerprint density at radius 2 is 2.05 bits per heavy atom. The third kappa shape index (κ3) is 2.62. The standard InChI is InChI=1S/C13H12N2O4S/c1-6-7(2)20-12(10(6)13(18)19)15-11(17)8-3-4-14-9(16)5-8/h3-5H,1-2H3,(H,14,16)(H,15,17)(H,18,19). The Morgan fingerprint density at radius 3 is 2.65 bits per heavy atom. The number of H-pyrrole nitrogens is 1. The van der Waals surface area contributed by atoms with Crippen LogP contribution in [0.4, 0.5) is 5.00 Å². The predicted molar refractivity (Wildman–Crippen MR) is 75.8 cm³/mol. The molecule has 0 aliphatic heterocycles. The Balaban J connectivity index is 2.35. The molecule has 20 heavy (non-hydrogen) atoms. The average molecular weight is 292 g/mol. The van der Waals surface area contributed by atoms with E-state index in [2.05, 4.69) is 10.3 Å². The summed E-state index contributed by atoms with van der Waals surface area (Å²) >= 11 is 1.20. The van der Waals surface area contributed by atoms with E-state index in [1.165, 1.54) is 23.6 Å². The molecule has 104 valence electrons. The third-order valence-electron chi connectivity index (χ3n) is 2.86. The van der Waals surface area contributed by atoms with E-state index in [1.807, 2.05) is 0 Å². The number of carboxylic acids is 1. The molecule has 0 aromatic carbocycles. The van der Waals surface area contributed by atoms with Crippen molar-refractivity contribution in [2.24, 2.45) is 0 Å². The number of carbonyl (C=O) groups excluding carboxylic acids is 1. The molecule has 0 saturated carbocycles. The molecule has 2 aromatic heterocycles. The van der Waals surface area contributed by atoms with Gasteiger partial charge in [0.2, 0.25) is 5.56 Å². The summed E-state index contributed by atoms with van der Waals surface area (Å²) in [6.45, 7) is 3.48. The lowest BCUT2D eigenvalue weighted by molar-refractivity contribution is 0.0697. The van der Waals surface area contributed by atoms with Gasteiger partial charge in [-0.25, -0.2) is 4.79 Å². The van der Waals surface area contributed by atoms with Crippen LogP contribution in [0.2, 0.25) is 0 Å². The lowest BCUT2D eigenvalue weighted by Gasteiger charge is -2.04. The Bertz CT molecular complexity index is 745. The van der Waals surface area contributed by atoms with Gasteiger partial charge < -0.3 is 15.4 Å². The summed E-state index contributed by atoms with van der Waals surface area (Å²) in [6.07, 6.45) is 1.36. The van der Waals surface area contributed by atoms with Crippen LogP contribution in [0.25, 0.3) is 0 Å². The smallest absolute Gasteiger partial charge is 0.338 e. The number of aryl methyl sites for hydroxylation is 1. The van der Waals surface area contributed by atoms with Gasteiger partial charge in [0.15, 0.2) is 0 Å². The van der Waals surface area contributed by atoms with Crippen molar-refractivity contribution < 1.29 is 14.7 Å². The quantitative estimate of drug-likeness (QED) is 0.805. The maximum atomic E-state index is 12.0. The number of hydrogen-bond acceptors (Lipinski definition) is 4. The van der Waals surface area contributed by atoms with Gasteiger partial charge >= 0.3 is 5.97 Å². The van der Waals surface area contributed by atoms with Gasteiger partial charge in [0.1, 0.15) is 5.00 Å². The monoisotopic (exact) mass is 292 g/mol. The molecule has 0 fully saturated rings. The van der Waals surface area contributed by atoms with Crippen molar-refractivity contribution in [3.63, 3.8) is 0 Å². The SMILES string of the molecule is Cc1sc(NC(=O)c2cc[nH]c(=O)c2)c(C(=O)O)c1C. The van der Waals surface area contributed by atoms with Crippen LogP contribution in [-0.4, -0.2) is 22.0 Å². The van der Waals surface area contributed by atoms with Gasteiger partial charge in [0.25, 0.3) is 5.91 Å². The van der Waals surface area contributed by atoms with E-state index in [9.17, 15) is 19.5 Å². The lowest BCUT2D eigenvalue weighted by Crippen LogP contribution is -2.16. The van der Waals surface area contributed by atoms with Crippen LogP contribution in [0.5, 0.6) is 0 Å². The molecule has 7 heteroatoms. The zero-order valence-electron chi connectivity index (χ0n) is 10.8. The Labute approximate surface area is 118 Å². The summed E-state index contributed by atoms with van der Waals surface area (Å²) in [5.74, 6) is -1.60. The summed E-state index contributed by atoms with van der Waals surface area (Å²) in [6, 6.07) is 2.60. The fourth-order valence-corrected chi connectivity index (χ4v) is 2.78. The van der Waals surface area contributed by atoms with Crippen molar-refractivity contribution in [2.75, 3.05) is 5.32 Å². The van der Waals surface area contributed by atoms with E-state index in [1.54, 1.807) is 13.8 Å².